The summed E-state index contributed by atoms with van der Waals surface area (Å²) in [6.07, 6.45) is 0. The molecular weight excluding hydrogens is 174 g/mol. The van der Waals surface area contributed by atoms with Gasteiger partial charge >= 0.3 is 0 Å². The topological polar surface area (TPSA) is 46.2 Å². The van der Waals surface area contributed by atoms with Crippen LogP contribution in [0.15, 0.2) is 18.2 Å². The second-order valence-electron chi connectivity index (χ2n) is 2.16. The van der Waals surface area contributed by atoms with Crippen molar-refractivity contribution in [1.82, 2.24) is 0 Å². The number of halogens is 1. The molecule has 1 aromatic rings. The molecule has 0 aliphatic carbocycles. The number of nitrogen functional groups attached to an aromatic ring is 1. The predicted octanol–water partition coefficient (Wildman–Crippen LogP) is 1.27. The van der Waals surface area contributed by atoms with E-state index in [1.54, 1.807) is 18.2 Å². The van der Waals surface area contributed by atoms with E-state index in [2.05, 4.69) is 11.8 Å². The molecule has 0 saturated carbocycles. The minimum atomic E-state index is -0.190. The van der Waals surface area contributed by atoms with Crippen molar-refractivity contribution in [1.29, 1.82) is 0 Å². The van der Waals surface area contributed by atoms with E-state index in [9.17, 15) is 0 Å². The number of hydrogen-bond acceptors (Lipinski definition) is 2. The summed E-state index contributed by atoms with van der Waals surface area (Å²) in [5, 5.41) is 8.96. The molecule has 0 fully saturated rings. The summed E-state index contributed by atoms with van der Waals surface area (Å²) >= 11 is 5.80. The van der Waals surface area contributed by atoms with Gasteiger partial charge < -0.3 is 10.8 Å². The summed E-state index contributed by atoms with van der Waals surface area (Å²) in [5.74, 6) is 5.16. The number of aliphatic hydroxyl groups excluding tert-OH is 1. The third kappa shape index (κ3) is 1.91. The van der Waals surface area contributed by atoms with Crippen LogP contribution < -0.4 is 5.73 Å². The molecule has 3 heteroatoms. The van der Waals surface area contributed by atoms with Gasteiger partial charge in [-0.2, -0.15) is 0 Å². The summed E-state index contributed by atoms with van der Waals surface area (Å²) < 4.78 is 0. The van der Waals surface area contributed by atoms with Crippen LogP contribution in [0.4, 0.5) is 5.69 Å². The molecule has 62 valence electrons. The lowest BCUT2D eigenvalue weighted by Gasteiger charge is -1.98. The van der Waals surface area contributed by atoms with E-state index in [0.717, 1.165) is 0 Å². The van der Waals surface area contributed by atoms with Gasteiger partial charge in [0.25, 0.3) is 0 Å². The lowest BCUT2D eigenvalue weighted by atomic mass is 10.2. The van der Waals surface area contributed by atoms with Crippen molar-refractivity contribution in [3.63, 3.8) is 0 Å². The third-order valence-corrected chi connectivity index (χ3v) is 1.65. The van der Waals surface area contributed by atoms with E-state index in [1.807, 2.05) is 0 Å². The molecule has 12 heavy (non-hydrogen) atoms. The monoisotopic (exact) mass is 181 g/mol. The zero-order valence-corrected chi connectivity index (χ0v) is 7.10. The van der Waals surface area contributed by atoms with Crippen LogP contribution in [0.2, 0.25) is 5.02 Å². The molecule has 0 spiro atoms. The van der Waals surface area contributed by atoms with Crippen LogP contribution in [0.1, 0.15) is 5.56 Å². The van der Waals surface area contributed by atoms with Gasteiger partial charge in [-0.25, -0.2) is 0 Å². The lowest BCUT2D eigenvalue weighted by Crippen LogP contribution is -1.90. The smallest absolute Gasteiger partial charge is 0.104 e. The summed E-state index contributed by atoms with van der Waals surface area (Å²) in [4.78, 5) is 0. The zero-order chi connectivity index (χ0) is 8.97. The van der Waals surface area contributed by atoms with Gasteiger partial charge in [0.1, 0.15) is 6.61 Å². The molecule has 3 N–H and O–H groups in total. The van der Waals surface area contributed by atoms with E-state index in [4.69, 9.17) is 22.4 Å². The predicted molar refractivity (Wildman–Crippen MR) is 49.8 cm³/mol. The molecule has 0 unspecified atom stereocenters. The highest BCUT2D eigenvalue weighted by Gasteiger charge is 1.99. The largest absolute Gasteiger partial charge is 0.398 e. The van der Waals surface area contributed by atoms with Gasteiger partial charge in [-0.1, -0.05) is 29.5 Å². The van der Waals surface area contributed by atoms with Crippen LogP contribution in [-0.2, 0) is 0 Å². The first kappa shape index (κ1) is 8.92. The van der Waals surface area contributed by atoms with Crippen molar-refractivity contribution < 1.29 is 5.11 Å². The Morgan fingerprint density at radius 2 is 2.25 bits per heavy atom. The normalized spacial score (nSPS) is 8.83. The molecule has 0 aliphatic heterocycles. The first-order valence-corrected chi connectivity index (χ1v) is 3.77. The highest BCUT2D eigenvalue weighted by Crippen LogP contribution is 2.20. The van der Waals surface area contributed by atoms with Gasteiger partial charge in [0.15, 0.2) is 0 Å². The Bertz CT molecular complexity index is 318. The van der Waals surface area contributed by atoms with Crippen molar-refractivity contribution >= 4 is 17.3 Å². The Balaban J connectivity index is 3.13. The van der Waals surface area contributed by atoms with E-state index < -0.39 is 0 Å². The van der Waals surface area contributed by atoms with E-state index in [-0.39, 0.29) is 6.61 Å². The van der Waals surface area contributed by atoms with Crippen LogP contribution in [-0.4, -0.2) is 11.7 Å². The molecule has 1 rings (SSSR count). The van der Waals surface area contributed by atoms with Crippen LogP contribution in [0.3, 0.4) is 0 Å². The van der Waals surface area contributed by atoms with Gasteiger partial charge in [-0.05, 0) is 12.1 Å². The molecule has 2 nitrogen and oxygen atoms in total. The van der Waals surface area contributed by atoms with Crippen molar-refractivity contribution in [3.05, 3.63) is 28.8 Å². The second kappa shape index (κ2) is 4.01. The third-order valence-electron chi connectivity index (χ3n) is 1.34. The highest BCUT2D eigenvalue weighted by molar-refractivity contribution is 6.32. The highest BCUT2D eigenvalue weighted by atomic mass is 35.5. The number of benzene rings is 1. The van der Waals surface area contributed by atoms with Crippen molar-refractivity contribution in [2.24, 2.45) is 0 Å². The fourth-order valence-electron chi connectivity index (χ4n) is 0.801. The Morgan fingerprint density at radius 3 is 2.83 bits per heavy atom. The fraction of sp³-hybridized carbons (Fsp3) is 0.111. The average molecular weight is 182 g/mol. The van der Waals surface area contributed by atoms with Gasteiger partial charge in [0.2, 0.25) is 0 Å². The molecule has 0 aromatic heterocycles. The Hall–Kier alpha value is -1.17. The molecule has 1 aromatic carbocycles. The van der Waals surface area contributed by atoms with Gasteiger partial charge in [0, 0.05) is 5.69 Å². The number of anilines is 1. The summed E-state index contributed by atoms with van der Waals surface area (Å²) in [5.41, 5.74) is 6.70. The fourth-order valence-corrected chi connectivity index (χ4v) is 1.03. The number of nitrogens with two attached hydrogens (primary N) is 1. The molecule has 0 amide bonds. The standard InChI is InChI=1S/C9H8ClNO/c10-8-4-1-5-9(11)7(8)3-2-6-12/h1,4-5,12H,6,11H2. The average Bonchev–Trinajstić information content (AvgIpc) is 2.04. The van der Waals surface area contributed by atoms with Crippen molar-refractivity contribution in [2.75, 3.05) is 12.3 Å². The summed E-state index contributed by atoms with van der Waals surface area (Å²) in [7, 11) is 0. The molecule has 0 atom stereocenters. The SMILES string of the molecule is Nc1cccc(Cl)c1C#CCO. The number of rotatable bonds is 0. The summed E-state index contributed by atoms with van der Waals surface area (Å²) in [6.45, 7) is -0.190. The molecular formula is C9H8ClNO. The van der Waals surface area contributed by atoms with Gasteiger partial charge in [-0.15, -0.1) is 0 Å². The molecule has 0 radical (unpaired) electrons. The quantitative estimate of drug-likeness (QED) is 0.468. The maximum absolute atomic E-state index is 8.45. The molecule has 0 saturated heterocycles. The van der Waals surface area contributed by atoms with E-state index in [1.165, 1.54) is 0 Å². The van der Waals surface area contributed by atoms with Crippen LogP contribution in [0.5, 0.6) is 0 Å². The molecule has 0 bridgehead atoms. The zero-order valence-electron chi connectivity index (χ0n) is 6.34. The van der Waals surface area contributed by atoms with Gasteiger partial charge in [-0.3, -0.25) is 0 Å². The Kier molecular flexibility index (Phi) is 2.98. The van der Waals surface area contributed by atoms with Crippen LogP contribution in [0, 0.1) is 11.8 Å². The minimum Gasteiger partial charge on any atom is -0.398 e. The number of hydrogen-bond donors (Lipinski definition) is 2. The molecule has 0 heterocycles. The maximum Gasteiger partial charge on any atom is 0.104 e. The Morgan fingerprint density at radius 1 is 1.50 bits per heavy atom. The van der Waals surface area contributed by atoms with Crippen molar-refractivity contribution in [2.45, 2.75) is 0 Å². The maximum atomic E-state index is 8.45. The van der Waals surface area contributed by atoms with Crippen LogP contribution in [0.25, 0.3) is 0 Å². The number of aliphatic hydroxyl groups is 1. The van der Waals surface area contributed by atoms with E-state index >= 15 is 0 Å². The Labute approximate surface area is 76.0 Å². The van der Waals surface area contributed by atoms with Crippen LogP contribution >= 0.6 is 11.6 Å². The lowest BCUT2D eigenvalue weighted by molar-refractivity contribution is 0.350. The first-order chi connectivity index (χ1) is 5.75. The van der Waals surface area contributed by atoms with E-state index in [0.29, 0.717) is 16.3 Å². The minimum absolute atomic E-state index is 0.190. The summed E-state index contributed by atoms with van der Waals surface area (Å²) in [6, 6.07) is 5.17. The second-order valence-corrected chi connectivity index (χ2v) is 2.57. The molecule has 0 aliphatic rings. The van der Waals surface area contributed by atoms with Crippen molar-refractivity contribution in [3.8, 4) is 11.8 Å². The first-order valence-electron chi connectivity index (χ1n) is 3.39. The van der Waals surface area contributed by atoms with Gasteiger partial charge in [0.05, 0.1) is 10.6 Å².